The molecule has 0 spiro atoms. The van der Waals surface area contributed by atoms with Crippen LogP contribution in [-0.4, -0.2) is 11.6 Å². The molecule has 0 heterocycles. The van der Waals surface area contributed by atoms with Crippen molar-refractivity contribution in [3.05, 3.63) is 0 Å². The van der Waals surface area contributed by atoms with E-state index in [0.717, 1.165) is 6.42 Å². The Bertz CT molecular complexity index is 221. The maximum absolute atomic E-state index is 10.7. The standard InChI is InChI=1S/C10H18N2O/c1-7(2)9-5-4-6-10(9)12-11-8(3)13/h7,9H,4-6H2,1-3H3,(H,11,13)/b12-10-. The zero-order chi connectivity index (χ0) is 9.84. The van der Waals surface area contributed by atoms with Gasteiger partial charge in [0.1, 0.15) is 0 Å². The number of hydrogen-bond donors (Lipinski definition) is 1. The van der Waals surface area contributed by atoms with E-state index in [1.54, 1.807) is 0 Å². The lowest BCUT2D eigenvalue weighted by atomic mass is 9.93. The lowest BCUT2D eigenvalue weighted by Crippen LogP contribution is -2.20. The molecule has 0 radical (unpaired) electrons. The highest BCUT2D eigenvalue weighted by Crippen LogP contribution is 2.28. The maximum atomic E-state index is 10.7. The van der Waals surface area contributed by atoms with Crippen molar-refractivity contribution in [1.82, 2.24) is 5.43 Å². The Balaban J connectivity index is 2.57. The van der Waals surface area contributed by atoms with E-state index in [1.807, 2.05) is 0 Å². The Morgan fingerprint density at radius 1 is 1.62 bits per heavy atom. The zero-order valence-electron chi connectivity index (χ0n) is 8.63. The normalized spacial score (nSPS) is 25.5. The SMILES string of the molecule is CC(=O)N/N=C1/CCCC1C(C)C. The second-order valence-corrected chi connectivity index (χ2v) is 4.01. The summed E-state index contributed by atoms with van der Waals surface area (Å²) < 4.78 is 0. The first-order valence-electron chi connectivity index (χ1n) is 4.94. The molecule has 0 aliphatic heterocycles. The Morgan fingerprint density at radius 2 is 2.31 bits per heavy atom. The molecule has 1 atom stereocenters. The topological polar surface area (TPSA) is 41.5 Å². The molecule has 1 unspecified atom stereocenters. The van der Waals surface area contributed by atoms with Crippen LogP contribution in [0.4, 0.5) is 0 Å². The van der Waals surface area contributed by atoms with Gasteiger partial charge in [-0.1, -0.05) is 13.8 Å². The summed E-state index contributed by atoms with van der Waals surface area (Å²) in [5.41, 5.74) is 3.69. The van der Waals surface area contributed by atoms with Crippen LogP contribution in [-0.2, 0) is 4.79 Å². The minimum Gasteiger partial charge on any atom is -0.274 e. The minimum absolute atomic E-state index is 0.0816. The van der Waals surface area contributed by atoms with Crippen molar-refractivity contribution in [3.8, 4) is 0 Å². The van der Waals surface area contributed by atoms with Gasteiger partial charge in [-0.2, -0.15) is 5.10 Å². The van der Waals surface area contributed by atoms with E-state index in [-0.39, 0.29) is 5.91 Å². The third-order valence-corrected chi connectivity index (χ3v) is 2.54. The van der Waals surface area contributed by atoms with Gasteiger partial charge < -0.3 is 0 Å². The highest BCUT2D eigenvalue weighted by Gasteiger charge is 2.25. The molecule has 1 amide bonds. The van der Waals surface area contributed by atoms with Crippen molar-refractivity contribution in [3.63, 3.8) is 0 Å². The largest absolute Gasteiger partial charge is 0.274 e. The Hall–Kier alpha value is -0.860. The van der Waals surface area contributed by atoms with E-state index in [0.29, 0.717) is 11.8 Å². The fraction of sp³-hybridized carbons (Fsp3) is 0.800. The molecule has 13 heavy (non-hydrogen) atoms. The minimum atomic E-state index is -0.0816. The van der Waals surface area contributed by atoms with Crippen molar-refractivity contribution in [2.45, 2.75) is 40.0 Å². The second-order valence-electron chi connectivity index (χ2n) is 4.01. The first-order chi connectivity index (χ1) is 6.11. The van der Waals surface area contributed by atoms with Crippen molar-refractivity contribution in [2.75, 3.05) is 0 Å². The number of hydrazone groups is 1. The first-order valence-corrected chi connectivity index (χ1v) is 4.94. The van der Waals surface area contributed by atoms with Crippen LogP contribution in [0.15, 0.2) is 5.10 Å². The summed E-state index contributed by atoms with van der Waals surface area (Å²) in [5.74, 6) is 1.13. The van der Waals surface area contributed by atoms with E-state index in [1.165, 1.54) is 25.5 Å². The van der Waals surface area contributed by atoms with E-state index in [2.05, 4.69) is 24.4 Å². The lowest BCUT2D eigenvalue weighted by Gasteiger charge is -2.14. The van der Waals surface area contributed by atoms with Gasteiger partial charge >= 0.3 is 0 Å². The number of nitrogens with one attached hydrogen (secondary N) is 1. The average molecular weight is 182 g/mol. The predicted molar refractivity (Wildman–Crippen MR) is 53.4 cm³/mol. The molecule has 0 aromatic carbocycles. The Labute approximate surface area is 79.6 Å². The molecule has 3 heteroatoms. The van der Waals surface area contributed by atoms with Crippen LogP contribution in [0.1, 0.15) is 40.0 Å². The van der Waals surface area contributed by atoms with Crippen molar-refractivity contribution in [1.29, 1.82) is 0 Å². The average Bonchev–Trinajstić information content (AvgIpc) is 2.47. The van der Waals surface area contributed by atoms with Crippen LogP contribution in [0.3, 0.4) is 0 Å². The van der Waals surface area contributed by atoms with Crippen LogP contribution in [0, 0.1) is 11.8 Å². The summed E-state index contributed by atoms with van der Waals surface area (Å²) in [7, 11) is 0. The van der Waals surface area contributed by atoms with Crippen LogP contribution < -0.4 is 5.43 Å². The molecular formula is C10H18N2O. The van der Waals surface area contributed by atoms with Gasteiger partial charge in [0, 0.05) is 18.6 Å². The molecule has 1 aliphatic rings. The Morgan fingerprint density at radius 3 is 2.85 bits per heavy atom. The van der Waals surface area contributed by atoms with Gasteiger partial charge in [0.25, 0.3) is 0 Å². The van der Waals surface area contributed by atoms with Gasteiger partial charge in [-0.05, 0) is 25.2 Å². The summed E-state index contributed by atoms with van der Waals surface area (Å²) in [6.45, 7) is 5.90. The van der Waals surface area contributed by atoms with Crippen LogP contribution >= 0.6 is 0 Å². The van der Waals surface area contributed by atoms with Gasteiger partial charge in [-0.3, -0.25) is 4.79 Å². The van der Waals surface area contributed by atoms with E-state index in [9.17, 15) is 4.79 Å². The summed E-state index contributed by atoms with van der Waals surface area (Å²) in [6, 6.07) is 0. The molecule has 1 N–H and O–H groups in total. The molecule has 0 aromatic heterocycles. The highest BCUT2D eigenvalue weighted by atomic mass is 16.2. The summed E-state index contributed by atoms with van der Waals surface area (Å²) >= 11 is 0. The molecule has 0 aromatic rings. The van der Waals surface area contributed by atoms with Gasteiger partial charge in [-0.15, -0.1) is 0 Å². The summed E-state index contributed by atoms with van der Waals surface area (Å²) in [6.07, 6.45) is 3.47. The molecule has 1 aliphatic carbocycles. The number of hydrogen-bond acceptors (Lipinski definition) is 2. The van der Waals surface area contributed by atoms with Crippen molar-refractivity contribution < 1.29 is 4.79 Å². The maximum Gasteiger partial charge on any atom is 0.236 e. The molecule has 0 bridgehead atoms. The Kier molecular flexibility index (Phi) is 3.46. The van der Waals surface area contributed by atoms with Gasteiger partial charge in [0.05, 0.1) is 0 Å². The number of carbonyl (C=O) groups excluding carboxylic acids is 1. The molecule has 1 saturated carbocycles. The molecule has 0 saturated heterocycles. The smallest absolute Gasteiger partial charge is 0.236 e. The van der Waals surface area contributed by atoms with Crippen LogP contribution in [0.5, 0.6) is 0 Å². The highest BCUT2D eigenvalue weighted by molar-refractivity contribution is 5.89. The molecule has 3 nitrogen and oxygen atoms in total. The monoisotopic (exact) mass is 182 g/mol. The molecular weight excluding hydrogens is 164 g/mol. The second kappa shape index (κ2) is 4.40. The molecule has 1 rings (SSSR count). The summed E-state index contributed by atoms with van der Waals surface area (Å²) in [5, 5.41) is 4.14. The number of amides is 1. The third kappa shape index (κ3) is 2.83. The first kappa shape index (κ1) is 10.2. The quantitative estimate of drug-likeness (QED) is 0.651. The fourth-order valence-corrected chi connectivity index (χ4v) is 1.86. The van der Waals surface area contributed by atoms with Crippen molar-refractivity contribution >= 4 is 11.6 Å². The van der Waals surface area contributed by atoms with E-state index in [4.69, 9.17) is 0 Å². The van der Waals surface area contributed by atoms with Crippen LogP contribution in [0.25, 0.3) is 0 Å². The zero-order valence-corrected chi connectivity index (χ0v) is 8.63. The van der Waals surface area contributed by atoms with Gasteiger partial charge in [0.2, 0.25) is 5.91 Å². The lowest BCUT2D eigenvalue weighted by molar-refractivity contribution is -0.118. The third-order valence-electron chi connectivity index (χ3n) is 2.54. The molecule has 1 fully saturated rings. The predicted octanol–water partition coefficient (Wildman–Crippen LogP) is 1.93. The van der Waals surface area contributed by atoms with E-state index < -0.39 is 0 Å². The van der Waals surface area contributed by atoms with Gasteiger partial charge in [-0.25, -0.2) is 5.43 Å². The van der Waals surface area contributed by atoms with Crippen LogP contribution in [0.2, 0.25) is 0 Å². The number of nitrogens with zero attached hydrogens (tertiary/aromatic N) is 1. The van der Waals surface area contributed by atoms with Crippen molar-refractivity contribution in [2.24, 2.45) is 16.9 Å². The molecule has 74 valence electrons. The van der Waals surface area contributed by atoms with Gasteiger partial charge in [0.15, 0.2) is 0 Å². The number of carbonyl (C=O) groups is 1. The summed E-state index contributed by atoms with van der Waals surface area (Å²) in [4.78, 5) is 10.7. The van der Waals surface area contributed by atoms with E-state index >= 15 is 0 Å². The fourth-order valence-electron chi connectivity index (χ4n) is 1.86. The number of rotatable bonds is 2.